The number of nitrogens with one attached hydrogen (secondary N) is 1. The smallest absolute Gasteiger partial charge is 0.254 e. The average molecular weight is 314 g/mol. The van der Waals surface area contributed by atoms with Gasteiger partial charge >= 0.3 is 0 Å². The predicted octanol–water partition coefficient (Wildman–Crippen LogP) is 5.35. The highest BCUT2D eigenvalue weighted by atomic mass is 35.5. The van der Waals surface area contributed by atoms with Crippen LogP contribution < -0.4 is 5.32 Å². The topological polar surface area (TPSA) is 29.1 Å². The summed E-state index contributed by atoms with van der Waals surface area (Å²) < 4.78 is 13.5. The fraction of sp³-hybridized carbons (Fsp3) is 0.588. The molecule has 0 heterocycles. The normalized spacial score (nSPS) is 10.6. The van der Waals surface area contributed by atoms with Crippen molar-refractivity contribution in [2.24, 2.45) is 0 Å². The van der Waals surface area contributed by atoms with Crippen molar-refractivity contribution in [2.75, 3.05) is 6.54 Å². The van der Waals surface area contributed by atoms with E-state index in [1.165, 1.54) is 56.7 Å². The van der Waals surface area contributed by atoms with E-state index >= 15 is 0 Å². The maximum Gasteiger partial charge on any atom is 0.254 e. The van der Waals surface area contributed by atoms with Crippen LogP contribution >= 0.6 is 11.6 Å². The molecule has 0 unspecified atom stereocenters. The lowest BCUT2D eigenvalue weighted by Crippen LogP contribution is -2.25. The van der Waals surface area contributed by atoms with Crippen LogP contribution in [0.15, 0.2) is 18.2 Å². The Bertz CT molecular complexity index is 437. The van der Waals surface area contributed by atoms with Gasteiger partial charge in [0, 0.05) is 11.6 Å². The Morgan fingerprint density at radius 1 is 1.10 bits per heavy atom. The van der Waals surface area contributed by atoms with Crippen LogP contribution in [0, 0.1) is 5.82 Å². The second-order valence-corrected chi connectivity index (χ2v) is 5.79. The summed E-state index contributed by atoms with van der Waals surface area (Å²) in [5.41, 5.74) is 0.0158. The third-order valence-corrected chi connectivity index (χ3v) is 3.72. The van der Waals surface area contributed by atoms with Crippen LogP contribution in [0.5, 0.6) is 0 Å². The molecule has 0 spiro atoms. The van der Waals surface area contributed by atoms with Crippen molar-refractivity contribution in [3.8, 4) is 0 Å². The number of halogens is 2. The van der Waals surface area contributed by atoms with E-state index in [1.54, 1.807) is 0 Å². The molecule has 1 N–H and O–H groups in total. The van der Waals surface area contributed by atoms with E-state index < -0.39 is 11.7 Å². The fourth-order valence-electron chi connectivity index (χ4n) is 2.23. The second kappa shape index (κ2) is 10.6. The van der Waals surface area contributed by atoms with Gasteiger partial charge in [-0.15, -0.1) is 0 Å². The predicted molar refractivity (Wildman–Crippen MR) is 86.4 cm³/mol. The molecular weight excluding hydrogens is 289 g/mol. The van der Waals surface area contributed by atoms with Crippen molar-refractivity contribution >= 4 is 17.5 Å². The lowest BCUT2D eigenvalue weighted by Gasteiger charge is -2.06. The van der Waals surface area contributed by atoms with Crippen LogP contribution in [-0.2, 0) is 0 Å². The summed E-state index contributed by atoms with van der Waals surface area (Å²) in [5, 5.41) is 3.11. The molecule has 118 valence electrons. The molecule has 0 bridgehead atoms. The monoisotopic (exact) mass is 313 g/mol. The summed E-state index contributed by atoms with van der Waals surface area (Å²) in [6.45, 7) is 2.80. The number of amides is 1. The number of rotatable bonds is 10. The molecular formula is C17H25ClFNO. The van der Waals surface area contributed by atoms with Crippen LogP contribution in [-0.4, -0.2) is 12.5 Å². The van der Waals surface area contributed by atoms with E-state index in [4.69, 9.17) is 11.6 Å². The minimum atomic E-state index is -0.534. The molecule has 1 aromatic rings. The Labute approximate surface area is 132 Å². The zero-order valence-corrected chi connectivity index (χ0v) is 13.5. The molecule has 0 atom stereocenters. The molecule has 0 saturated carbocycles. The molecule has 2 nitrogen and oxygen atoms in total. The average Bonchev–Trinajstić information content (AvgIpc) is 2.48. The largest absolute Gasteiger partial charge is 0.352 e. The van der Waals surface area contributed by atoms with E-state index in [0.29, 0.717) is 11.6 Å². The van der Waals surface area contributed by atoms with E-state index in [-0.39, 0.29) is 5.56 Å². The maximum atomic E-state index is 13.5. The van der Waals surface area contributed by atoms with Gasteiger partial charge in [0.05, 0.1) is 5.56 Å². The van der Waals surface area contributed by atoms with E-state index in [1.807, 2.05) is 0 Å². The zero-order chi connectivity index (χ0) is 15.5. The Balaban J connectivity index is 2.12. The summed E-state index contributed by atoms with van der Waals surface area (Å²) in [7, 11) is 0. The molecule has 0 aromatic heterocycles. The van der Waals surface area contributed by atoms with Gasteiger partial charge in [0.15, 0.2) is 0 Å². The van der Waals surface area contributed by atoms with Gasteiger partial charge in [-0.3, -0.25) is 4.79 Å². The standard InChI is InChI=1S/C17H25ClFNO/c1-2-3-4-5-6-7-8-9-12-20-17(21)15-13-14(18)10-11-16(15)19/h10-11,13H,2-9,12H2,1H3,(H,20,21). The molecule has 1 amide bonds. The fourth-order valence-corrected chi connectivity index (χ4v) is 2.40. The maximum absolute atomic E-state index is 13.5. The van der Waals surface area contributed by atoms with Crippen molar-refractivity contribution in [2.45, 2.75) is 58.3 Å². The first-order valence-corrected chi connectivity index (χ1v) is 8.26. The molecule has 0 aliphatic rings. The third-order valence-electron chi connectivity index (χ3n) is 3.49. The van der Waals surface area contributed by atoms with Crippen LogP contribution in [0.3, 0.4) is 0 Å². The Hall–Kier alpha value is -1.09. The molecule has 1 rings (SSSR count). The summed E-state index contributed by atoms with van der Waals surface area (Å²) in [6.07, 6.45) is 9.71. The number of carbonyl (C=O) groups is 1. The minimum absolute atomic E-state index is 0.0158. The van der Waals surface area contributed by atoms with Crippen LogP contribution in [0.4, 0.5) is 4.39 Å². The molecule has 0 aliphatic carbocycles. The van der Waals surface area contributed by atoms with Crippen molar-refractivity contribution in [1.82, 2.24) is 5.32 Å². The Morgan fingerprint density at radius 2 is 1.71 bits per heavy atom. The van der Waals surface area contributed by atoms with Gasteiger partial charge in [0.25, 0.3) is 5.91 Å². The molecule has 0 saturated heterocycles. The quantitative estimate of drug-likeness (QED) is 0.580. The van der Waals surface area contributed by atoms with Crippen molar-refractivity contribution < 1.29 is 9.18 Å². The molecule has 1 aromatic carbocycles. The Morgan fingerprint density at radius 3 is 2.38 bits per heavy atom. The highest BCUT2D eigenvalue weighted by molar-refractivity contribution is 6.30. The van der Waals surface area contributed by atoms with E-state index in [0.717, 1.165) is 12.8 Å². The van der Waals surface area contributed by atoms with Gasteiger partial charge in [-0.1, -0.05) is 63.5 Å². The third kappa shape index (κ3) is 7.47. The zero-order valence-electron chi connectivity index (χ0n) is 12.8. The van der Waals surface area contributed by atoms with Gasteiger partial charge in [-0.25, -0.2) is 4.39 Å². The van der Waals surface area contributed by atoms with Crippen molar-refractivity contribution in [1.29, 1.82) is 0 Å². The second-order valence-electron chi connectivity index (χ2n) is 5.35. The summed E-state index contributed by atoms with van der Waals surface area (Å²) >= 11 is 5.77. The number of hydrogen-bond acceptors (Lipinski definition) is 1. The Kier molecular flexibility index (Phi) is 9.07. The lowest BCUT2D eigenvalue weighted by atomic mass is 10.1. The SMILES string of the molecule is CCCCCCCCCCNC(=O)c1cc(Cl)ccc1F. The van der Waals surface area contributed by atoms with Gasteiger partial charge in [-0.2, -0.15) is 0 Å². The minimum Gasteiger partial charge on any atom is -0.352 e. The first-order valence-electron chi connectivity index (χ1n) is 7.88. The summed E-state index contributed by atoms with van der Waals surface area (Å²) in [5.74, 6) is -0.925. The van der Waals surface area contributed by atoms with Crippen LogP contribution in [0.1, 0.15) is 68.6 Å². The molecule has 21 heavy (non-hydrogen) atoms. The van der Waals surface area contributed by atoms with E-state index in [9.17, 15) is 9.18 Å². The summed E-state index contributed by atoms with van der Waals surface area (Å²) in [4.78, 5) is 11.8. The first-order chi connectivity index (χ1) is 10.1. The van der Waals surface area contributed by atoms with Gasteiger partial charge < -0.3 is 5.32 Å². The van der Waals surface area contributed by atoms with Crippen LogP contribution in [0.25, 0.3) is 0 Å². The molecule has 0 radical (unpaired) electrons. The van der Waals surface area contributed by atoms with E-state index in [2.05, 4.69) is 12.2 Å². The number of benzene rings is 1. The number of hydrogen-bond donors (Lipinski definition) is 1. The van der Waals surface area contributed by atoms with Crippen molar-refractivity contribution in [3.05, 3.63) is 34.6 Å². The van der Waals surface area contributed by atoms with Gasteiger partial charge in [0.1, 0.15) is 5.82 Å². The van der Waals surface area contributed by atoms with Crippen LogP contribution in [0.2, 0.25) is 5.02 Å². The van der Waals surface area contributed by atoms with Gasteiger partial charge in [0.2, 0.25) is 0 Å². The number of unbranched alkanes of at least 4 members (excludes halogenated alkanes) is 7. The number of carbonyl (C=O) groups excluding carboxylic acids is 1. The van der Waals surface area contributed by atoms with Crippen molar-refractivity contribution in [3.63, 3.8) is 0 Å². The first kappa shape index (κ1) is 18.0. The van der Waals surface area contributed by atoms with Gasteiger partial charge in [-0.05, 0) is 24.6 Å². The molecule has 0 fully saturated rings. The molecule has 0 aliphatic heterocycles. The highest BCUT2D eigenvalue weighted by Crippen LogP contribution is 2.14. The highest BCUT2D eigenvalue weighted by Gasteiger charge is 2.11. The lowest BCUT2D eigenvalue weighted by molar-refractivity contribution is 0.0949. The molecule has 4 heteroatoms. The summed E-state index contributed by atoms with van der Waals surface area (Å²) in [6, 6.07) is 4.01.